The fraction of sp³-hybridized carbons (Fsp3) is 0. The van der Waals surface area contributed by atoms with Gasteiger partial charge in [-0.25, -0.2) is 9.97 Å². The second-order valence-corrected chi connectivity index (χ2v) is 7.69. The molecule has 29 heavy (non-hydrogen) atoms. The van der Waals surface area contributed by atoms with Gasteiger partial charge in [0.2, 0.25) is 0 Å². The number of pyridine rings is 1. The molecule has 6 rings (SSSR count). The average molecular weight is 394 g/mol. The van der Waals surface area contributed by atoms with Gasteiger partial charge in [-0.3, -0.25) is 10.1 Å². The molecule has 7 heteroatoms. The molecule has 0 unspecified atom stereocenters. The van der Waals surface area contributed by atoms with E-state index in [4.69, 9.17) is 0 Å². The van der Waals surface area contributed by atoms with Gasteiger partial charge < -0.3 is 4.98 Å². The van der Waals surface area contributed by atoms with Gasteiger partial charge in [0.25, 0.3) is 0 Å². The van der Waals surface area contributed by atoms with Crippen molar-refractivity contribution in [3.05, 3.63) is 72.8 Å². The fourth-order valence-electron chi connectivity index (χ4n) is 3.64. The molecule has 0 bridgehead atoms. The van der Waals surface area contributed by atoms with E-state index in [0.29, 0.717) is 0 Å². The molecular weight excluding hydrogens is 380 g/mol. The van der Waals surface area contributed by atoms with Crippen molar-refractivity contribution in [2.24, 2.45) is 0 Å². The molecule has 0 atom stereocenters. The average Bonchev–Trinajstić information content (AvgIpc) is 3.52. The van der Waals surface area contributed by atoms with Gasteiger partial charge in [0.15, 0.2) is 0 Å². The number of hydrogen-bond acceptors (Lipinski definition) is 5. The molecule has 2 N–H and O–H groups in total. The molecule has 0 aliphatic heterocycles. The monoisotopic (exact) mass is 394 g/mol. The minimum absolute atomic E-state index is 0.816. The zero-order chi connectivity index (χ0) is 19.2. The van der Waals surface area contributed by atoms with Crippen LogP contribution in [0.25, 0.3) is 54.9 Å². The first-order valence-corrected chi connectivity index (χ1v) is 10.0. The molecule has 0 fully saturated rings. The van der Waals surface area contributed by atoms with Gasteiger partial charge in [0.1, 0.15) is 12.0 Å². The molecule has 5 aromatic heterocycles. The summed E-state index contributed by atoms with van der Waals surface area (Å²) in [7, 11) is 0. The Hall–Kier alpha value is -3.84. The Labute approximate surface area is 169 Å². The zero-order valence-corrected chi connectivity index (χ0v) is 15.9. The first-order valence-electron chi connectivity index (χ1n) is 9.12. The van der Waals surface area contributed by atoms with Crippen molar-refractivity contribution in [1.29, 1.82) is 0 Å². The fourth-order valence-corrected chi connectivity index (χ4v) is 4.41. The number of aromatic nitrogens is 6. The van der Waals surface area contributed by atoms with Gasteiger partial charge in [-0.2, -0.15) is 5.10 Å². The largest absolute Gasteiger partial charge is 0.353 e. The van der Waals surface area contributed by atoms with Crippen molar-refractivity contribution in [3.8, 4) is 33.1 Å². The van der Waals surface area contributed by atoms with Crippen LogP contribution >= 0.6 is 11.3 Å². The Morgan fingerprint density at radius 2 is 1.79 bits per heavy atom. The van der Waals surface area contributed by atoms with Crippen LogP contribution in [0.5, 0.6) is 0 Å². The van der Waals surface area contributed by atoms with Crippen molar-refractivity contribution in [1.82, 2.24) is 30.1 Å². The van der Waals surface area contributed by atoms with Crippen molar-refractivity contribution in [2.45, 2.75) is 0 Å². The summed E-state index contributed by atoms with van der Waals surface area (Å²) < 4.78 is 0. The smallest absolute Gasteiger partial charge is 0.116 e. The number of rotatable bonds is 3. The Morgan fingerprint density at radius 3 is 2.66 bits per heavy atom. The number of benzene rings is 1. The topological polar surface area (TPSA) is 83.1 Å². The van der Waals surface area contributed by atoms with Crippen LogP contribution in [0.15, 0.2) is 72.8 Å². The highest BCUT2D eigenvalue weighted by Crippen LogP contribution is 2.36. The Morgan fingerprint density at radius 1 is 0.862 bits per heavy atom. The molecule has 0 amide bonds. The van der Waals surface area contributed by atoms with Gasteiger partial charge >= 0.3 is 0 Å². The summed E-state index contributed by atoms with van der Waals surface area (Å²) in [5, 5.41) is 11.9. The number of nitrogens with one attached hydrogen (secondary N) is 2. The standard InChI is InChI=1S/C22H14N6S/c1-3-14(21-5-2-6-29-21)15-7-19(26-17(15)4-1)22-16-8-18(13-9-23-12-24-10-13)25-11-20(16)27-28-22/h1-12,26H,(H,27,28). The minimum atomic E-state index is 0.816. The quantitative estimate of drug-likeness (QED) is 0.427. The number of nitrogens with zero attached hydrogens (tertiary/aromatic N) is 4. The van der Waals surface area contributed by atoms with Crippen LogP contribution in [0.3, 0.4) is 0 Å². The van der Waals surface area contributed by atoms with E-state index in [-0.39, 0.29) is 0 Å². The normalized spacial score (nSPS) is 11.4. The summed E-state index contributed by atoms with van der Waals surface area (Å²) in [6.45, 7) is 0. The molecule has 6 nitrogen and oxygen atoms in total. The molecule has 6 aromatic rings. The summed E-state index contributed by atoms with van der Waals surface area (Å²) in [6, 6.07) is 14.8. The molecule has 0 radical (unpaired) electrons. The van der Waals surface area contributed by atoms with Crippen molar-refractivity contribution in [3.63, 3.8) is 0 Å². The zero-order valence-electron chi connectivity index (χ0n) is 15.1. The van der Waals surface area contributed by atoms with E-state index in [2.05, 4.69) is 71.9 Å². The van der Waals surface area contributed by atoms with E-state index in [9.17, 15) is 0 Å². The lowest BCUT2D eigenvalue weighted by atomic mass is 10.1. The maximum absolute atomic E-state index is 4.56. The van der Waals surface area contributed by atoms with Crippen LogP contribution in [-0.2, 0) is 0 Å². The summed E-state index contributed by atoms with van der Waals surface area (Å²) in [4.78, 5) is 17.5. The Kier molecular flexibility index (Phi) is 3.54. The van der Waals surface area contributed by atoms with E-state index in [1.807, 2.05) is 6.07 Å². The van der Waals surface area contributed by atoms with Gasteiger partial charge in [0.05, 0.1) is 23.1 Å². The Bertz CT molecular complexity index is 1450. The lowest BCUT2D eigenvalue weighted by molar-refractivity contribution is 1.11. The van der Waals surface area contributed by atoms with Gasteiger partial charge in [-0.05, 0) is 29.6 Å². The summed E-state index contributed by atoms with van der Waals surface area (Å²) in [5.41, 5.74) is 6.73. The Balaban J connectivity index is 1.53. The van der Waals surface area contributed by atoms with E-state index >= 15 is 0 Å². The van der Waals surface area contributed by atoms with Gasteiger partial charge in [0, 0.05) is 44.7 Å². The summed E-state index contributed by atoms with van der Waals surface area (Å²) in [6.07, 6.45) is 6.84. The molecule has 138 valence electrons. The number of fused-ring (bicyclic) bond motifs is 2. The van der Waals surface area contributed by atoms with Crippen LogP contribution in [-0.4, -0.2) is 30.1 Å². The molecule has 0 aliphatic rings. The predicted octanol–water partition coefficient (Wildman–Crippen LogP) is 5.29. The summed E-state index contributed by atoms with van der Waals surface area (Å²) >= 11 is 1.74. The van der Waals surface area contributed by atoms with E-state index < -0.39 is 0 Å². The minimum Gasteiger partial charge on any atom is -0.353 e. The van der Waals surface area contributed by atoms with Crippen molar-refractivity contribution in [2.75, 3.05) is 0 Å². The predicted molar refractivity (Wildman–Crippen MR) is 116 cm³/mol. The molecule has 0 spiro atoms. The molecule has 1 aromatic carbocycles. The lowest BCUT2D eigenvalue weighted by Crippen LogP contribution is -1.86. The summed E-state index contributed by atoms with van der Waals surface area (Å²) in [5.74, 6) is 0. The molecular formula is C22H14N6S. The van der Waals surface area contributed by atoms with E-state index in [1.54, 1.807) is 29.9 Å². The van der Waals surface area contributed by atoms with E-state index in [1.165, 1.54) is 22.2 Å². The van der Waals surface area contributed by atoms with Gasteiger partial charge in [-0.1, -0.05) is 18.2 Å². The SMILES string of the molecule is c1csc(-c2cccc3[nH]c(-c4n[nH]c5cnc(-c6cncnc6)cc45)cc23)c1. The van der Waals surface area contributed by atoms with Crippen LogP contribution in [0.2, 0.25) is 0 Å². The number of H-pyrrole nitrogens is 2. The van der Waals surface area contributed by atoms with Crippen LogP contribution in [0.4, 0.5) is 0 Å². The van der Waals surface area contributed by atoms with Crippen LogP contribution < -0.4 is 0 Å². The van der Waals surface area contributed by atoms with E-state index in [0.717, 1.165) is 39.1 Å². The highest BCUT2D eigenvalue weighted by molar-refractivity contribution is 7.13. The third kappa shape index (κ3) is 2.63. The van der Waals surface area contributed by atoms with Crippen LogP contribution in [0, 0.1) is 0 Å². The molecule has 0 aliphatic carbocycles. The molecule has 0 saturated heterocycles. The second-order valence-electron chi connectivity index (χ2n) is 6.74. The first-order chi connectivity index (χ1) is 14.4. The molecule has 5 heterocycles. The third-order valence-corrected chi connectivity index (χ3v) is 5.91. The number of aromatic amines is 2. The second kappa shape index (κ2) is 6.35. The van der Waals surface area contributed by atoms with Gasteiger partial charge in [-0.15, -0.1) is 11.3 Å². The highest BCUT2D eigenvalue weighted by atomic mass is 32.1. The van der Waals surface area contributed by atoms with Crippen molar-refractivity contribution >= 4 is 33.1 Å². The number of thiophene rings is 1. The maximum atomic E-state index is 4.56. The first kappa shape index (κ1) is 16.1. The highest BCUT2D eigenvalue weighted by Gasteiger charge is 2.15. The lowest BCUT2D eigenvalue weighted by Gasteiger charge is -2.00. The van der Waals surface area contributed by atoms with Crippen LogP contribution in [0.1, 0.15) is 0 Å². The maximum Gasteiger partial charge on any atom is 0.116 e. The number of hydrogen-bond donors (Lipinski definition) is 2. The molecule has 0 saturated carbocycles. The third-order valence-electron chi connectivity index (χ3n) is 5.01. The van der Waals surface area contributed by atoms with Crippen molar-refractivity contribution < 1.29 is 0 Å².